The molecule has 1 heterocycles. The van der Waals surface area contributed by atoms with Gasteiger partial charge in [-0.15, -0.1) is 0 Å². The summed E-state index contributed by atoms with van der Waals surface area (Å²) in [6, 6.07) is 3.33. The molecule has 0 aliphatic carbocycles. The highest BCUT2D eigenvalue weighted by atomic mass is 19.1. The van der Waals surface area contributed by atoms with Crippen molar-refractivity contribution < 1.29 is 18.7 Å². The van der Waals surface area contributed by atoms with Crippen molar-refractivity contribution in [2.45, 2.75) is 26.3 Å². The van der Waals surface area contributed by atoms with Crippen molar-refractivity contribution in [1.82, 2.24) is 16.2 Å². The van der Waals surface area contributed by atoms with E-state index < -0.39 is 29.6 Å². The summed E-state index contributed by atoms with van der Waals surface area (Å²) in [4.78, 5) is 11.3. The van der Waals surface area contributed by atoms with E-state index in [0.717, 1.165) is 0 Å². The maximum Gasteiger partial charge on any atom is 0.307 e. The Kier molecular flexibility index (Phi) is 6.65. The van der Waals surface area contributed by atoms with Gasteiger partial charge in [-0.2, -0.15) is 0 Å². The van der Waals surface area contributed by atoms with Gasteiger partial charge in [-0.05, 0) is 24.5 Å². The quantitative estimate of drug-likeness (QED) is 0.583. The molecule has 134 valence electrons. The van der Waals surface area contributed by atoms with E-state index in [1.54, 1.807) is 0 Å². The second-order valence-electron chi connectivity index (χ2n) is 6.72. The lowest BCUT2D eigenvalue weighted by molar-refractivity contribution is -0.142. The molecule has 1 fully saturated rings. The highest BCUT2D eigenvalue weighted by Crippen LogP contribution is 2.28. The van der Waals surface area contributed by atoms with E-state index in [1.807, 2.05) is 13.8 Å². The van der Waals surface area contributed by atoms with Gasteiger partial charge in [0, 0.05) is 31.1 Å². The molecule has 0 spiro atoms. The highest BCUT2D eigenvalue weighted by molar-refractivity contribution is 5.70. The summed E-state index contributed by atoms with van der Waals surface area (Å²) in [6.07, 6.45) is 0.592. The van der Waals surface area contributed by atoms with Crippen molar-refractivity contribution >= 4 is 5.97 Å². The Labute approximate surface area is 140 Å². The average molecular weight is 341 g/mol. The molecule has 0 bridgehead atoms. The predicted molar refractivity (Wildman–Crippen MR) is 87.2 cm³/mol. The zero-order valence-corrected chi connectivity index (χ0v) is 14.0. The third-order valence-corrected chi connectivity index (χ3v) is 4.31. The molecular weight excluding hydrogens is 316 g/mol. The van der Waals surface area contributed by atoms with Crippen LogP contribution in [0.1, 0.15) is 31.9 Å². The maximum absolute atomic E-state index is 14.0. The molecular formula is C17H25F2N3O2. The van der Waals surface area contributed by atoms with Crippen molar-refractivity contribution in [2.24, 2.45) is 17.8 Å². The number of benzene rings is 1. The van der Waals surface area contributed by atoms with Crippen LogP contribution in [0.15, 0.2) is 18.2 Å². The van der Waals surface area contributed by atoms with Gasteiger partial charge in [0.1, 0.15) is 11.6 Å². The van der Waals surface area contributed by atoms with Gasteiger partial charge in [-0.1, -0.05) is 19.9 Å². The van der Waals surface area contributed by atoms with Crippen molar-refractivity contribution in [1.29, 1.82) is 0 Å². The molecule has 7 heteroatoms. The van der Waals surface area contributed by atoms with Crippen LogP contribution in [0.2, 0.25) is 0 Å². The fourth-order valence-corrected chi connectivity index (χ4v) is 3.12. The van der Waals surface area contributed by atoms with Crippen molar-refractivity contribution in [3.63, 3.8) is 0 Å². The van der Waals surface area contributed by atoms with Gasteiger partial charge in [-0.25, -0.2) is 14.2 Å². The summed E-state index contributed by atoms with van der Waals surface area (Å²) in [5, 5.41) is 12.4. The lowest BCUT2D eigenvalue weighted by Gasteiger charge is -2.22. The minimum Gasteiger partial charge on any atom is -0.481 e. The number of carboxylic acids is 1. The number of carbonyl (C=O) groups is 1. The summed E-state index contributed by atoms with van der Waals surface area (Å²) in [6.45, 7) is 5.33. The largest absolute Gasteiger partial charge is 0.481 e. The molecule has 1 aliphatic heterocycles. The molecule has 0 aromatic heterocycles. The first-order chi connectivity index (χ1) is 11.4. The van der Waals surface area contributed by atoms with Crippen LogP contribution < -0.4 is 16.2 Å². The SMILES string of the molecule is CC(C)CC(CNCC1CNNC1c1c(F)cccc1F)C(=O)O. The van der Waals surface area contributed by atoms with Crippen LogP contribution in [0.3, 0.4) is 0 Å². The lowest BCUT2D eigenvalue weighted by atomic mass is 9.93. The second-order valence-corrected chi connectivity index (χ2v) is 6.72. The van der Waals surface area contributed by atoms with Crippen molar-refractivity contribution in [2.75, 3.05) is 19.6 Å². The Morgan fingerprint density at radius 2 is 2.04 bits per heavy atom. The molecule has 1 saturated heterocycles. The summed E-state index contributed by atoms with van der Waals surface area (Å²) in [7, 11) is 0. The molecule has 1 aromatic rings. The zero-order valence-electron chi connectivity index (χ0n) is 14.0. The van der Waals surface area contributed by atoms with Gasteiger partial charge in [0.15, 0.2) is 0 Å². The molecule has 1 aliphatic rings. The summed E-state index contributed by atoms with van der Waals surface area (Å²) in [5.74, 6) is -2.23. The predicted octanol–water partition coefficient (Wildman–Crippen LogP) is 2.07. The molecule has 24 heavy (non-hydrogen) atoms. The highest BCUT2D eigenvalue weighted by Gasteiger charge is 2.32. The van der Waals surface area contributed by atoms with E-state index in [-0.39, 0.29) is 11.5 Å². The van der Waals surface area contributed by atoms with Crippen LogP contribution in [-0.2, 0) is 4.79 Å². The van der Waals surface area contributed by atoms with Crippen LogP contribution in [0.5, 0.6) is 0 Å². The summed E-state index contributed by atoms with van der Waals surface area (Å²) in [5.41, 5.74) is 5.86. The number of aliphatic carboxylic acids is 1. The van der Waals surface area contributed by atoms with E-state index in [9.17, 15) is 18.7 Å². The molecule has 0 radical (unpaired) electrons. The third-order valence-electron chi connectivity index (χ3n) is 4.31. The van der Waals surface area contributed by atoms with Crippen LogP contribution in [0.25, 0.3) is 0 Å². The normalized spacial score (nSPS) is 22.0. The molecule has 0 amide bonds. The fourth-order valence-electron chi connectivity index (χ4n) is 3.12. The first-order valence-corrected chi connectivity index (χ1v) is 8.26. The number of carboxylic acid groups (broad SMARTS) is 1. The first-order valence-electron chi connectivity index (χ1n) is 8.26. The van der Waals surface area contributed by atoms with E-state index >= 15 is 0 Å². The number of halogens is 2. The Bertz CT molecular complexity index is 549. The monoisotopic (exact) mass is 341 g/mol. The number of rotatable bonds is 8. The maximum atomic E-state index is 14.0. The topological polar surface area (TPSA) is 73.4 Å². The van der Waals surface area contributed by atoms with Gasteiger partial charge in [0.2, 0.25) is 0 Å². The third kappa shape index (κ3) is 4.72. The van der Waals surface area contributed by atoms with E-state index in [2.05, 4.69) is 16.2 Å². The molecule has 2 rings (SSSR count). The average Bonchev–Trinajstić information content (AvgIpc) is 2.94. The minimum absolute atomic E-state index is 0.0197. The van der Waals surface area contributed by atoms with Gasteiger partial charge in [-0.3, -0.25) is 10.2 Å². The van der Waals surface area contributed by atoms with Gasteiger partial charge < -0.3 is 10.4 Å². The van der Waals surface area contributed by atoms with Crippen molar-refractivity contribution in [3.8, 4) is 0 Å². The van der Waals surface area contributed by atoms with Crippen LogP contribution in [-0.4, -0.2) is 30.7 Å². The van der Waals surface area contributed by atoms with Gasteiger partial charge >= 0.3 is 5.97 Å². The Morgan fingerprint density at radius 3 is 2.62 bits per heavy atom. The number of nitrogens with one attached hydrogen (secondary N) is 3. The fraction of sp³-hybridized carbons (Fsp3) is 0.588. The number of hydrogen-bond donors (Lipinski definition) is 4. The van der Waals surface area contributed by atoms with E-state index in [1.165, 1.54) is 18.2 Å². The zero-order chi connectivity index (χ0) is 17.7. The number of hydrogen-bond acceptors (Lipinski definition) is 4. The van der Waals surface area contributed by atoms with E-state index in [0.29, 0.717) is 32.0 Å². The van der Waals surface area contributed by atoms with Crippen LogP contribution in [0, 0.1) is 29.4 Å². The van der Waals surface area contributed by atoms with Gasteiger partial charge in [0.25, 0.3) is 0 Å². The molecule has 4 N–H and O–H groups in total. The molecule has 0 saturated carbocycles. The van der Waals surface area contributed by atoms with Crippen LogP contribution >= 0.6 is 0 Å². The standard InChI is InChI=1S/C17H25F2N3O2/c1-10(2)6-11(17(23)24)7-20-8-12-9-21-22-16(12)15-13(18)4-3-5-14(15)19/h3-5,10-12,16,20-22H,6-9H2,1-2H3,(H,23,24). The summed E-state index contributed by atoms with van der Waals surface area (Å²) >= 11 is 0. The Morgan fingerprint density at radius 1 is 1.38 bits per heavy atom. The number of hydrazine groups is 1. The second kappa shape index (κ2) is 8.50. The lowest BCUT2D eigenvalue weighted by Crippen LogP contribution is -2.35. The van der Waals surface area contributed by atoms with Crippen molar-refractivity contribution in [3.05, 3.63) is 35.4 Å². The smallest absolute Gasteiger partial charge is 0.307 e. The van der Waals surface area contributed by atoms with Crippen LogP contribution in [0.4, 0.5) is 8.78 Å². The molecule has 1 aromatic carbocycles. The summed E-state index contributed by atoms with van der Waals surface area (Å²) < 4.78 is 27.9. The minimum atomic E-state index is -0.824. The molecule has 3 unspecified atom stereocenters. The Hall–Kier alpha value is -1.57. The Balaban J connectivity index is 1.95. The van der Waals surface area contributed by atoms with Gasteiger partial charge in [0.05, 0.1) is 12.0 Å². The molecule has 3 atom stereocenters. The first kappa shape index (κ1) is 18.8. The van der Waals surface area contributed by atoms with E-state index in [4.69, 9.17) is 0 Å². The molecule has 5 nitrogen and oxygen atoms in total.